The first kappa shape index (κ1) is 17.6. The zero-order valence-corrected chi connectivity index (χ0v) is 15.6. The number of benzene rings is 1. The molecule has 1 aliphatic heterocycles. The van der Waals surface area contributed by atoms with Gasteiger partial charge < -0.3 is 19.7 Å². The third-order valence-electron chi connectivity index (χ3n) is 5.44. The number of hydrogen-bond acceptors (Lipinski definition) is 6. The molecule has 144 valence electrons. The Morgan fingerprint density at radius 2 is 2.04 bits per heavy atom. The number of nitrogens with one attached hydrogen (secondary N) is 1. The van der Waals surface area contributed by atoms with Gasteiger partial charge in [-0.15, -0.1) is 5.10 Å². The van der Waals surface area contributed by atoms with E-state index in [0.29, 0.717) is 23.9 Å². The Morgan fingerprint density at radius 3 is 2.81 bits per heavy atom. The molecule has 9 nitrogen and oxygen atoms in total. The summed E-state index contributed by atoms with van der Waals surface area (Å²) < 4.78 is 12.6. The van der Waals surface area contributed by atoms with Crippen LogP contribution in [0.3, 0.4) is 0 Å². The van der Waals surface area contributed by atoms with E-state index >= 15 is 0 Å². The van der Waals surface area contributed by atoms with Crippen molar-refractivity contribution in [1.29, 1.82) is 0 Å². The number of hydrogen-bond donors (Lipinski definition) is 1. The van der Waals surface area contributed by atoms with E-state index in [4.69, 9.17) is 9.47 Å². The van der Waals surface area contributed by atoms with E-state index in [1.165, 1.54) is 0 Å². The number of amides is 2. The van der Waals surface area contributed by atoms with Gasteiger partial charge in [0.05, 0.1) is 5.69 Å². The van der Waals surface area contributed by atoms with Gasteiger partial charge in [0, 0.05) is 19.7 Å². The van der Waals surface area contributed by atoms with Gasteiger partial charge in [-0.1, -0.05) is 19.3 Å². The van der Waals surface area contributed by atoms with Crippen molar-refractivity contribution in [1.82, 2.24) is 30.4 Å². The maximum absolute atomic E-state index is 12.6. The number of carbonyl (C=O) groups excluding carboxylic acids is 1. The Balaban J connectivity index is 1.76. The molecule has 1 aromatic heterocycles. The van der Waals surface area contributed by atoms with Gasteiger partial charge in [0.2, 0.25) is 6.79 Å². The first-order valence-electron chi connectivity index (χ1n) is 9.36. The van der Waals surface area contributed by atoms with Gasteiger partial charge in [0.1, 0.15) is 5.54 Å². The minimum absolute atomic E-state index is 0.111. The fourth-order valence-corrected chi connectivity index (χ4v) is 3.98. The van der Waals surface area contributed by atoms with Crippen LogP contribution in [-0.4, -0.2) is 51.5 Å². The average molecular weight is 372 g/mol. The summed E-state index contributed by atoms with van der Waals surface area (Å²) in [6.45, 7) is 2.70. The third-order valence-corrected chi connectivity index (χ3v) is 5.44. The van der Waals surface area contributed by atoms with E-state index in [1.807, 2.05) is 32.2 Å². The van der Waals surface area contributed by atoms with Crippen molar-refractivity contribution in [3.8, 4) is 17.2 Å². The van der Waals surface area contributed by atoms with Crippen LogP contribution >= 0.6 is 0 Å². The Hall–Kier alpha value is -2.84. The highest BCUT2D eigenvalue weighted by atomic mass is 16.7. The zero-order valence-electron chi connectivity index (χ0n) is 15.6. The van der Waals surface area contributed by atoms with Gasteiger partial charge in [-0.2, -0.15) is 4.68 Å². The Labute approximate surface area is 157 Å². The number of ether oxygens (including phenoxy) is 2. The second kappa shape index (κ2) is 7.05. The number of rotatable bonds is 4. The van der Waals surface area contributed by atoms with Crippen LogP contribution in [0.5, 0.6) is 11.5 Å². The van der Waals surface area contributed by atoms with Gasteiger partial charge >= 0.3 is 6.03 Å². The van der Waals surface area contributed by atoms with E-state index in [9.17, 15) is 4.79 Å². The fraction of sp³-hybridized carbons (Fsp3) is 0.556. The highest BCUT2D eigenvalue weighted by molar-refractivity contribution is 5.75. The molecule has 2 aliphatic rings. The lowest BCUT2D eigenvalue weighted by Gasteiger charge is -2.43. The SMILES string of the molecule is CCNC(=O)N(C)C1(c2nnnn2-c2ccc3c(c2)OCO3)CCCCC1. The molecule has 2 aromatic rings. The largest absolute Gasteiger partial charge is 0.454 e. The lowest BCUT2D eigenvalue weighted by atomic mass is 9.79. The monoisotopic (exact) mass is 372 g/mol. The molecular weight excluding hydrogens is 348 g/mol. The lowest BCUT2D eigenvalue weighted by Crippen LogP contribution is -2.53. The second-order valence-electron chi connectivity index (χ2n) is 6.94. The molecule has 0 unspecified atom stereocenters. The Bertz CT molecular complexity index is 830. The Kier molecular flexibility index (Phi) is 4.59. The van der Waals surface area contributed by atoms with Crippen LogP contribution < -0.4 is 14.8 Å². The molecule has 0 spiro atoms. The summed E-state index contributed by atoms with van der Waals surface area (Å²) in [5.41, 5.74) is 0.241. The van der Waals surface area contributed by atoms with Gasteiger partial charge in [-0.3, -0.25) is 0 Å². The van der Waals surface area contributed by atoms with Crippen LogP contribution in [0.25, 0.3) is 5.69 Å². The van der Waals surface area contributed by atoms with E-state index in [0.717, 1.165) is 37.8 Å². The lowest BCUT2D eigenvalue weighted by molar-refractivity contribution is 0.0865. The predicted octanol–water partition coefficient (Wildman–Crippen LogP) is 2.21. The zero-order chi connectivity index (χ0) is 18.9. The molecule has 2 amide bonds. The van der Waals surface area contributed by atoms with Crippen molar-refractivity contribution in [2.45, 2.75) is 44.6 Å². The number of aromatic nitrogens is 4. The van der Waals surface area contributed by atoms with E-state index < -0.39 is 5.54 Å². The minimum atomic E-state index is -0.544. The maximum Gasteiger partial charge on any atom is 0.317 e. The van der Waals surface area contributed by atoms with Crippen molar-refractivity contribution >= 4 is 6.03 Å². The third kappa shape index (κ3) is 2.96. The highest BCUT2D eigenvalue weighted by Gasteiger charge is 2.45. The van der Waals surface area contributed by atoms with Gasteiger partial charge in [-0.05, 0) is 42.3 Å². The molecular formula is C18H24N6O3. The first-order valence-corrected chi connectivity index (χ1v) is 9.36. The molecule has 1 fully saturated rings. The maximum atomic E-state index is 12.6. The predicted molar refractivity (Wildman–Crippen MR) is 96.9 cm³/mol. The number of fused-ring (bicyclic) bond motifs is 1. The van der Waals surface area contributed by atoms with E-state index in [1.54, 1.807) is 9.58 Å². The topological polar surface area (TPSA) is 94.4 Å². The molecule has 1 saturated carbocycles. The molecule has 9 heteroatoms. The summed E-state index contributed by atoms with van der Waals surface area (Å²) in [4.78, 5) is 14.4. The van der Waals surface area contributed by atoms with Crippen LogP contribution in [0, 0.1) is 0 Å². The standard InChI is InChI=1S/C18H24N6O3/c1-3-19-17(25)23(2)18(9-5-4-6-10-18)16-20-21-22-24(16)13-7-8-14-15(11-13)27-12-26-14/h7-8,11H,3-6,9-10,12H2,1-2H3,(H,19,25). The molecule has 1 aromatic carbocycles. The van der Waals surface area contributed by atoms with Gasteiger partial charge in [0.25, 0.3) is 0 Å². The molecule has 4 rings (SSSR count). The summed E-state index contributed by atoms with van der Waals surface area (Å²) in [6, 6.07) is 5.50. The minimum Gasteiger partial charge on any atom is -0.454 e. The quantitative estimate of drug-likeness (QED) is 0.884. The summed E-state index contributed by atoms with van der Waals surface area (Å²) in [7, 11) is 1.83. The van der Waals surface area contributed by atoms with Crippen molar-refractivity contribution < 1.29 is 14.3 Å². The molecule has 27 heavy (non-hydrogen) atoms. The van der Waals surface area contributed by atoms with Crippen LogP contribution in [-0.2, 0) is 5.54 Å². The first-order chi connectivity index (χ1) is 13.2. The summed E-state index contributed by atoms with van der Waals surface area (Å²) in [5, 5.41) is 15.4. The molecule has 0 saturated heterocycles. The smallest absolute Gasteiger partial charge is 0.317 e. The summed E-state index contributed by atoms with van der Waals surface area (Å²) in [5.74, 6) is 2.05. The summed E-state index contributed by atoms with van der Waals surface area (Å²) >= 11 is 0. The molecule has 0 bridgehead atoms. The summed E-state index contributed by atoms with van der Waals surface area (Å²) in [6.07, 6.45) is 4.85. The molecule has 1 aliphatic carbocycles. The van der Waals surface area contributed by atoms with Crippen molar-refractivity contribution in [2.24, 2.45) is 0 Å². The fourth-order valence-electron chi connectivity index (χ4n) is 3.98. The average Bonchev–Trinajstić information content (AvgIpc) is 3.37. The van der Waals surface area contributed by atoms with Crippen LogP contribution in [0.1, 0.15) is 44.9 Å². The number of carbonyl (C=O) groups is 1. The van der Waals surface area contributed by atoms with Crippen molar-refractivity contribution in [3.63, 3.8) is 0 Å². The molecule has 2 heterocycles. The molecule has 0 radical (unpaired) electrons. The number of urea groups is 1. The van der Waals surface area contributed by atoms with Crippen LogP contribution in [0.15, 0.2) is 18.2 Å². The van der Waals surface area contributed by atoms with Gasteiger partial charge in [-0.25, -0.2) is 4.79 Å². The van der Waals surface area contributed by atoms with E-state index in [-0.39, 0.29) is 12.8 Å². The normalized spacial score (nSPS) is 17.6. The number of nitrogens with zero attached hydrogens (tertiary/aromatic N) is 5. The van der Waals surface area contributed by atoms with Crippen molar-refractivity contribution in [3.05, 3.63) is 24.0 Å². The van der Waals surface area contributed by atoms with Crippen molar-refractivity contribution in [2.75, 3.05) is 20.4 Å². The highest BCUT2D eigenvalue weighted by Crippen LogP contribution is 2.42. The second-order valence-corrected chi connectivity index (χ2v) is 6.94. The van der Waals surface area contributed by atoms with Gasteiger partial charge in [0.15, 0.2) is 17.3 Å². The number of tetrazole rings is 1. The van der Waals surface area contributed by atoms with Crippen LogP contribution in [0.4, 0.5) is 4.79 Å². The molecule has 1 N–H and O–H groups in total. The van der Waals surface area contributed by atoms with Crippen LogP contribution in [0.2, 0.25) is 0 Å². The van der Waals surface area contributed by atoms with E-state index in [2.05, 4.69) is 20.8 Å². The Morgan fingerprint density at radius 1 is 1.26 bits per heavy atom. The molecule has 0 atom stereocenters.